The third-order valence-corrected chi connectivity index (χ3v) is 1.28. The summed E-state index contributed by atoms with van der Waals surface area (Å²) in [5.41, 5.74) is 0. The Kier molecular flexibility index (Phi) is 3.43. The average molecular weight is 256 g/mol. The zero-order valence-electron chi connectivity index (χ0n) is 5.38. The predicted molar refractivity (Wildman–Crippen MR) is 32.9 cm³/mol. The fraction of sp³-hybridized carbons (Fsp3) is 0.750. The van der Waals surface area contributed by atoms with Crippen molar-refractivity contribution in [2.75, 3.05) is 5.33 Å². The maximum absolute atomic E-state index is 11.9. The van der Waals surface area contributed by atoms with Gasteiger partial charge in [-0.1, -0.05) is 15.9 Å². The van der Waals surface area contributed by atoms with Crippen LogP contribution in [0.25, 0.3) is 0 Å². The molecule has 0 aliphatic carbocycles. The molecule has 0 aromatic carbocycles. The largest absolute Gasteiger partial charge is 0.475 e. The quantitative estimate of drug-likeness (QED) is 0.454. The van der Waals surface area contributed by atoms with Crippen molar-refractivity contribution in [3.63, 3.8) is 0 Å². The van der Waals surface area contributed by atoms with Crippen LogP contribution in [-0.2, 0) is 4.79 Å². The Morgan fingerprint density at radius 1 is 1.25 bits per heavy atom. The zero-order valence-corrected chi connectivity index (χ0v) is 6.97. The molecule has 0 saturated carbocycles. The first-order chi connectivity index (χ1) is 5.20. The van der Waals surface area contributed by atoms with E-state index in [2.05, 4.69) is 15.9 Å². The van der Waals surface area contributed by atoms with Gasteiger partial charge in [-0.15, -0.1) is 0 Å². The molecule has 1 amide bonds. The Morgan fingerprint density at radius 2 is 1.67 bits per heavy atom. The van der Waals surface area contributed by atoms with Gasteiger partial charge in [0.1, 0.15) is 0 Å². The minimum absolute atomic E-state index is 0.502. The summed E-state index contributed by atoms with van der Waals surface area (Å²) in [5.74, 6) is -1.43. The third-order valence-electron chi connectivity index (χ3n) is 0.774. The molecule has 0 bridgehead atoms. The number of nitrogens with one attached hydrogen (secondary N) is 1. The lowest BCUT2D eigenvalue weighted by Gasteiger charge is -2.19. The molecule has 0 saturated heterocycles. The summed E-state index contributed by atoms with van der Waals surface area (Å²) in [6.07, 6.45) is -5.76. The predicted octanol–water partition coefficient (Wildman–Crippen LogP) is 1.65. The van der Waals surface area contributed by atoms with E-state index in [1.165, 1.54) is 0 Å². The minimum Gasteiger partial charge on any atom is -0.289 e. The normalized spacial score (nSPS) is 12.8. The molecule has 0 radical (unpaired) electrons. The van der Waals surface area contributed by atoms with Gasteiger partial charge in [-0.05, 0) is 0 Å². The van der Waals surface area contributed by atoms with Crippen LogP contribution in [-0.4, -0.2) is 23.5 Å². The number of carbonyl (C=O) groups is 1. The first-order valence-corrected chi connectivity index (χ1v) is 3.64. The van der Waals surface area contributed by atoms with Crippen LogP contribution in [0.15, 0.2) is 0 Å². The van der Waals surface area contributed by atoms with E-state index in [1.807, 2.05) is 0 Å². The number of hydrogen-bond donors (Lipinski definition) is 1. The number of carbonyl (C=O) groups excluding carboxylic acids is 1. The van der Waals surface area contributed by atoms with E-state index in [9.17, 15) is 26.7 Å². The van der Waals surface area contributed by atoms with Gasteiger partial charge in [0.2, 0.25) is 5.91 Å². The number of rotatable bonds is 2. The Labute approximate surface area is 72.2 Å². The molecule has 0 heterocycles. The average Bonchev–Trinajstić information content (AvgIpc) is 1.84. The highest BCUT2D eigenvalue weighted by molar-refractivity contribution is 9.09. The van der Waals surface area contributed by atoms with Gasteiger partial charge in [-0.3, -0.25) is 10.1 Å². The third kappa shape index (κ3) is 2.92. The lowest BCUT2D eigenvalue weighted by molar-refractivity contribution is -0.292. The molecule has 1 N–H and O–H groups in total. The van der Waals surface area contributed by atoms with Crippen LogP contribution in [0.4, 0.5) is 22.0 Å². The summed E-state index contributed by atoms with van der Waals surface area (Å²) in [7, 11) is 0. The van der Waals surface area contributed by atoms with Gasteiger partial charge in [0, 0.05) is 0 Å². The summed E-state index contributed by atoms with van der Waals surface area (Å²) in [6.45, 7) is 0. The Hall–Kier alpha value is -0.400. The molecule has 0 unspecified atom stereocenters. The maximum atomic E-state index is 11.9. The topological polar surface area (TPSA) is 29.1 Å². The van der Waals surface area contributed by atoms with Gasteiger partial charge in [0.05, 0.1) is 5.33 Å². The summed E-state index contributed by atoms with van der Waals surface area (Å²) in [5, 5.41) is -0.111. The molecule has 0 rings (SSSR count). The van der Waals surface area contributed by atoms with Crippen molar-refractivity contribution >= 4 is 21.8 Å². The standard InChI is InChI=1S/C4H3BrF5NO/c5-1-2(12)11-4(9,10)3(6,7)8/h1H2,(H,11,12). The van der Waals surface area contributed by atoms with E-state index >= 15 is 0 Å². The highest BCUT2D eigenvalue weighted by Gasteiger charge is 2.58. The highest BCUT2D eigenvalue weighted by atomic mass is 79.9. The van der Waals surface area contributed by atoms with Gasteiger partial charge in [0.15, 0.2) is 0 Å². The summed E-state index contributed by atoms with van der Waals surface area (Å²) in [4.78, 5) is 10.1. The fourth-order valence-corrected chi connectivity index (χ4v) is 0.420. The van der Waals surface area contributed by atoms with Gasteiger partial charge in [0.25, 0.3) is 0 Å². The van der Waals surface area contributed by atoms with Crippen molar-refractivity contribution in [2.45, 2.75) is 12.2 Å². The van der Waals surface area contributed by atoms with Crippen molar-refractivity contribution in [1.29, 1.82) is 0 Å². The molecule has 12 heavy (non-hydrogen) atoms. The van der Waals surface area contributed by atoms with E-state index in [1.54, 1.807) is 0 Å². The molecule has 0 spiro atoms. The summed E-state index contributed by atoms with van der Waals surface area (Å²) in [6, 6.07) is -5.17. The van der Waals surface area contributed by atoms with Gasteiger partial charge in [-0.25, -0.2) is 0 Å². The van der Waals surface area contributed by atoms with E-state index in [0.717, 1.165) is 0 Å². The van der Waals surface area contributed by atoms with Crippen LogP contribution >= 0.6 is 15.9 Å². The molecule has 2 nitrogen and oxygen atoms in total. The van der Waals surface area contributed by atoms with Crippen LogP contribution in [0, 0.1) is 0 Å². The first kappa shape index (κ1) is 11.6. The number of hydrogen-bond acceptors (Lipinski definition) is 1. The molecule has 0 aliphatic heterocycles. The Balaban J connectivity index is 4.33. The second-order valence-electron chi connectivity index (χ2n) is 1.75. The molecule has 72 valence electrons. The van der Waals surface area contributed by atoms with Gasteiger partial charge < -0.3 is 0 Å². The second-order valence-corrected chi connectivity index (χ2v) is 2.31. The van der Waals surface area contributed by atoms with Gasteiger partial charge >= 0.3 is 12.2 Å². The van der Waals surface area contributed by atoms with Crippen LogP contribution in [0.3, 0.4) is 0 Å². The van der Waals surface area contributed by atoms with Crippen LogP contribution in [0.1, 0.15) is 0 Å². The lowest BCUT2D eigenvalue weighted by Crippen LogP contribution is -2.52. The number of alkyl halides is 6. The molecule has 0 atom stereocenters. The van der Waals surface area contributed by atoms with E-state index in [4.69, 9.17) is 0 Å². The monoisotopic (exact) mass is 255 g/mol. The van der Waals surface area contributed by atoms with Crippen molar-refractivity contribution in [3.8, 4) is 0 Å². The van der Waals surface area contributed by atoms with Crippen LogP contribution < -0.4 is 5.32 Å². The molecular formula is C4H3BrF5NO. The minimum atomic E-state index is -5.76. The molecule has 0 aromatic rings. The Bertz CT molecular complexity index is 179. The van der Waals surface area contributed by atoms with Crippen molar-refractivity contribution in [1.82, 2.24) is 5.32 Å². The van der Waals surface area contributed by atoms with Crippen LogP contribution in [0.5, 0.6) is 0 Å². The highest BCUT2D eigenvalue weighted by Crippen LogP contribution is 2.32. The van der Waals surface area contributed by atoms with E-state index in [0.29, 0.717) is 5.32 Å². The number of halogens is 6. The molecule has 0 aliphatic rings. The van der Waals surface area contributed by atoms with Crippen molar-refractivity contribution < 1.29 is 26.7 Å². The SMILES string of the molecule is O=C(CBr)NC(F)(F)C(F)(F)F. The zero-order chi connectivity index (χ0) is 9.99. The summed E-state index contributed by atoms with van der Waals surface area (Å²) < 4.78 is 57.8. The van der Waals surface area contributed by atoms with Crippen LogP contribution in [0.2, 0.25) is 0 Å². The smallest absolute Gasteiger partial charge is 0.289 e. The maximum Gasteiger partial charge on any atom is 0.475 e. The van der Waals surface area contributed by atoms with Crippen molar-refractivity contribution in [3.05, 3.63) is 0 Å². The summed E-state index contributed by atoms with van der Waals surface area (Å²) >= 11 is 2.42. The second kappa shape index (κ2) is 3.55. The molecule has 8 heteroatoms. The molecular weight excluding hydrogens is 253 g/mol. The van der Waals surface area contributed by atoms with Crippen molar-refractivity contribution in [2.24, 2.45) is 0 Å². The Morgan fingerprint density at radius 3 is 1.92 bits per heavy atom. The van der Waals surface area contributed by atoms with Gasteiger partial charge in [-0.2, -0.15) is 22.0 Å². The molecule has 0 fully saturated rings. The van der Waals surface area contributed by atoms with E-state index < -0.39 is 23.5 Å². The fourth-order valence-electron chi connectivity index (χ4n) is 0.279. The van der Waals surface area contributed by atoms with E-state index in [-0.39, 0.29) is 0 Å². The lowest BCUT2D eigenvalue weighted by atomic mass is 10.5. The molecule has 0 aromatic heterocycles. The first-order valence-electron chi connectivity index (χ1n) is 2.52. The number of amides is 1.